The molecule has 1 aliphatic rings. The molecular formula is C15H16O4. The van der Waals surface area contributed by atoms with E-state index < -0.39 is 12.2 Å². The van der Waals surface area contributed by atoms with Crippen molar-refractivity contribution in [3.8, 4) is 0 Å². The lowest BCUT2D eigenvalue weighted by Gasteiger charge is -2.25. The number of benzene rings is 1. The number of hydrogen-bond acceptors (Lipinski definition) is 4. The standard InChI is InChI=1S/C15H16O4/c1-10(17)13-8-15(9-16,19-11(13)2)14(18)12-6-4-3-5-7-12/h3-7,16H,8-9H2,1-2H3. The minimum atomic E-state index is -1.35. The molecule has 0 saturated carbocycles. The Bertz CT molecular complexity index is 545. The molecule has 1 aliphatic heterocycles. The topological polar surface area (TPSA) is 63.6 Å². The van der Waals surface area contributed by atoms with Crippen LogP contribution in [0.2, 0.25) is 0 Å². The molecular weight excluding hydrogens is 244 g/mol. The first kappa shape index (κ1) is 13.5. The van der Waals surface area contributed by atoms with Gasteiger partial charge in [0.1, 0.15) is 5.76 Å². The highest BCUT2D eigenvalue weighted by molar-refractivity contribution is 6.05. The largest absolute Gasteiger partial charge is 0.481 e. The zero-order chi connectivity index (χ0) is 14.0. The second-order valence-corrected chi connectivity index (χ2v) is 4.72. The normalized spacial score (nSPS) is 22.3. The highest BCUT2D eigenvalue weighted by atomic mass is 16.5. The molecule has 0 spiro atoms. The smallest absolute Gasteiger partial charge is 0.209 e. The van der Waals surface area contributed by atoms with Gasteiger partial charge in [-0.2, -0.15) is 0 Å². The summed E-state index contributed by atoms with van der Waals surface area (Å²) in [5.41, 5.74) is -0.417. The van der Waals surface area contributed by atoms with Gasteiger partial charge >= 0.3 is 0 Å². The van der Waals surface area contributed by atoms with Crippen LogP contribution in [-0.4, -0.2) is 28.9 Å². The first-order valence-corrected chi connectivity index (χ1v) is 6.10. The maximum atomic E-state index is 12.5. The van der Waals surface area contributed by atoms with E-state index in [4.69, 9.17) is 4.74 Å². The average molecular weight is 260 g/mol. The third kappa shape index (κ3) is 2.31. The molecule has 0 aliphatic carbocycles. The SMILES string of the molecule is CC(=O)C1=C(C)OC(CO)(C(=O)c2ccccc2)C1. The van der Waals surface area contributed by atoms with Gasteiger partial charge in [-0.1, -0.05) is 30.3 Å². The quantitative estimate of drug-likeness (QED) is 0.840. The molecule has 1 atom stereocenters. The number of rotatable bonds is 4. The van der Waals surface area contributed by atoms with Gasteiger partial charge in [0.05, 0.1) is 6.61 Å². The van der Waals surface area contributed by atoms with Crippen LogP contribution in [0.3, 0.4) is 0 Å². The predicted molar refractivity (Wildman–Crippen MR) is 69.7 cm³/mol. The van der Waals surface area contributed by atoms with Crippen molar-refractivity contribution in [2.24, 2.45) is 0 Å². The van der Waals surface area contributed by atoms with E-state index >= 15 is 0 Å². The Morgan fingerprint density at radius 3 is 2.42 bits per heavy atom. The number of Topliss-reactive ketones (excluding diaryl/α,β-unsaturated/α-hetero) is 2. The van der Waals surface area contributed by atoms with Crippen molar-refractivity contribution in [2.75, 3.05) is 6.61 Å². The third-order valence-electron chi connectivity index (χ3n) is 3.37. The molecule has 1 N–H and O–H groups in total. The van der Waals surface area contributed by atoms with E-state index in [0.717, 1.165) is 0 Å². The van der Waals surface area contributed by atoms with Crippen LogP contribution in [0.4, 0.5) is 0 Å². The van der Waals surface area contributed by atoms with Gasteiger partial charge < -0.3 is 9.84 Å². The lowest BCUT2D eigenvalue weighted by atomic mass is 9.88. The van der Waals surface area contributed by atoms with E-state index in [1.54, 1.807) is 31.2 Å². The van der Waals surface area contributed by atoms with Crippen LogP contribution in [0.5, 0.6) is 0 Å². The molecule has 1 heterocycles. The molecule has 1 unspecified atom stereocenters. The molecule has 1 aromatic rings. The average Bonchev–Trinajstić information content (AvgIpc) is 2.77. The van der Waals surface area contributed by atoms with Crippen molar-refractivity contribution in [3.63, 3.8) is 0 Å². The maximum Gasteiger partial charge on any atom is 0.209 e. The van der Waals surface area contributed by atoms with Crippen LogP contribution in [0, 0.1) is 0 Å². The first-order valence-electron chi connectivity index (χ1n) is 6.10. The number of aliphatic hydroxyl groups is 1. The molecule has 1 aromatic carbocycles. The Labute approximate surface area is 111 Å². The minimum absolute atomic E-state index is 0.123. The second kappa shape index (κ2) is 4.97. The number of allylic oxidation sites excluding steroid dienone is 1. The molecule has 0 aromatic heterocycles. The van der Waals surface area contributed by atoms with Crippen molar-refractivity contribution in [3.05, 3.63) is 47.2 Å². The van der Waals surface area contributed by atoms with Crippen LogP contribution in [-0.2, 0) is 9.53 Å². The minimum Gasteiger partial charge on any atom is -0.481 e. The zero-order valence-corrected chi connectivity index (χ0v) is 11.0. The lowest BCUT2D eigenvalue weighted by molar-refractivity contribution is -0.113. The van der Waals surface area contributed by atoms with Gasteiger partial charge in [0.15, 0.2) is 11.4 Å². The van der Waals surface area contributed by atoms with Crippen LogP contribution in [0.15, 0.2) is 41.7 Å². The van der Waals surface area contributed by atoms with Gasteiger partial charge in [-0.3, -0.25) is 9.59 Å². The van der Waals surface area contributed by atoms with Crippen LogP contribution in [0.1, 0.15) is 30.6 Å². The number of aliphatic hydroxyl groups excluding tert-OH is 1. The Kier molecular flexibility index (Phi) is 3.53. The fraction of sp³-hybridized carbons (Fsp3) is 0.333. The van der Waals surface area contributed by atoms with E-state index in [1.807, 2.05) is 6.07 Å². The summed E-state index contributed by atoms with van der Waals surface area (Å²) in [6, 6.07) is 8.65. The Morgan fingerprint density at radius 1 is 1.32 bits per heavy atom. The highest BCUT2D eigenvalue weighted by Crippen LogP contribution is 2.36. The maximum absolute atomic E-state index is 12.5. The summed E-state index contributed by atoms with van der Waals surface area (Å²) < 4.78 is 5.55. The number of ketones is 2. The Morgan fingerprint density at radius 2 is 1.95 bits per heavy atom. The van der Waals surface area contributed by atoms with E-state index in [2.05, 4.69) is 0 Å². The Balaban J connectivity index is 2.33. The number of carbonyl (C=O) groups is 2. The predicted octanol–water partition coefficient (Wildman–Crippen LogP) is 1.88. The Hall–Kier alpha value is -1.94. The molecule has 2 rings (SSSR count). The van der Waals surface area contributed by atoms with Crippen molar-refractivity contribution < 1.29 is 19.4 Å². The first-order chi connectivity index (χ1) is 9.00. The fourth-order valence-corrected chi connectivity index (χ4v) is 2.31. The third-order valence-corrected chi connectivity index (χ3v) is 3.37. The second-order valence-electron chi connectivity index (χ2n) is 4.72. The lowest BCUT2D eigenvalue weighted by Crippen LogP contribution is -2.42. The van der Waals surface area contributed by atoms with Crippen molar-refractivity contribution >= 4 is 11.6 Å². The van der Waals surface area contributed by atoms with Gasteiger partial charge in [0.2, 0.25) is 5.78 Å². The van der Waals surface area contributed by atoms with Gasteiger partial charge in [0, 0.05) is 17.6 Å². The van der Waals surface area contributed by atoms with Gasteiger partial charge in [-0.15, -0.1) is 0 Å². The number of ether oxygens (including phenoxy) is 1. The summed E-state index contributed by atoms with van der Waals surface area (Å²) in [4.78, 5) is 24.0. The molecule has 0 radical (unpaired) electrons. The summed E-state index contributed by atoms with van der Waals surface area (Å²) in [5, 5.41) is 9.58. The summed E-state index contributed by atoms with van der Waals surface area (Å²) >= 11 is 0. The van der Waals surface area contributed by atoms with Crippen molar-refractivity contribution in [1.29, 1.82) is 0 Å². The van der Waals surface area contributed by atoms with Gasteiger partial charge in [-0.05, 0) is 13.8 Å². The van der Waals surface area contributed by atoms with Crippen molar-refractivity contribution in [2.45, 2.75) is 25.9 Å². The molecule has 100 valence electrons. The van der Waals surface area contributed by atoms with E-state index in [1.165, 1.54) is 6.92 Å². The fourth-order valence-electron chi connectivity index (χ4n) is 2.31. The van der Waals surface area contributed by atoms with Crippen LogP contribution >= 0.6 is 0 Å². The summed E-state index contributed by atoms with van der Waals surface area (Å²) in [7, 11) is 0. The summed E-state index contributed by atoms with van der Waals surface area (Å²) in [5.74, 6) is -0.00859. The monoisotopic (exact) mass is 260 g/mol. The van der Waals surface area contributed by atoms with E-state index in [-0.39, 0.29) is 18.0 Å². The molecule has 0 amide bonds. The number of hydrogen-bond donors (Lipinski definition) is 1. The van der Waals surface area contributed by atoms with Crippen LogP contribution < -0.4 is 0 Å². The molecule has 4 heteroatoms. The van der Waals surface area contributed by atoms with E-state index in [0.29, 0.717) is 16.9 Å². The summed E-state index contributed by atoms with van der Waals surface area (Å²) in [6.07, 6.45) is 0.123. The van der Waals surface area contributed by atoms with Crippen LogP contribution in [0.25, 0.3) is 0 Å². The molecule has 4 nitrogen and oxygen atoms in total. The molecule has 0 bridgehead atoms. The molecule has 19 heavy (non-hydrogen) atoms. The molecule has 0 fully saturated rings. The van der Waals surface area contributed by atoms with Gasteiger partial charge in [-0.25, -0.2) is 0 Å². The van der Waals surface area contributed by atoms with E-state index in [9.17, 15) is 14.7 Å². The summed E-state index contributed by atoms with van der Waals surface area (Å²) in [6.45, 7) is 2.63. The van der Waals surface area contributed by atoms with Crippen molar-refractivity contribution in [1.82, 2.24) is 0 Å². The molecule has 0 saturated heterocycles. The van der Waals surface area contributed by atoms with Gasteiger partial charge in [0.25, 0.3) is 0 Å². The number of carbonyl (C=O) groups excluding carboxylic acids is 2. The zero-order valence-electron chi connectivity index (χ0n) is 11.0. The highest BCUT2D eigenvalue weighted by Gasteiger charge is 2.47.